The van der Waals surface area contributed by atoms with Crippen molar-refractivity contribution in [1.29, 1.82) is 0 Å². The van der Waals surface area contributed by atoms with E-state index < -0.39 is 4.92 Å². The zero-order chi connectivity index (χ0) is 15.0. The van der Waals surface area contributed by atoms with Crippen LogP contribution in [0.2, 0.25) is 0 Å². The first kappa shape index (κ1) is 13.5. The highest BCUT2D eigenvalue weighted by Gasteiger charge is 2.26. The van der Waals surface area contributed by atoms with Crippen molar-refractivity contribution in [3.05, 3.63) is 34.0 Å². The SMILES string of the molecule is CC1CN(C(=O)c2n[nH]c3ccc([N+](=O)[O-])cc23)CCO1. The van der Waals surface area contributed by atoms with Crippen LogP contribution in [0.25, 0.3) is 10.9 Å². The van der Waals surface area contributed by atoms with Gasteiger partial charge in [0.2, 0.25) is 0 Å². The number of nitrogens with zero attached hydrogens (tertiary/aromatic N) is 3. The van der Waals surface area contributed by atoms with E-state index >= 15 is 0 Å². The third-order valence-electron chi connectivity index (χ3n) is 3.49. The van der Waals surface area contributed by atoms with Gasteiger partial charge in [0.1, 0.15) is 0 Å². The topological polar surface area (TPSA) is 101 Å². The summed E-state index contributed by atoms with van der Waals surface area (Å²) < 4.78 is 5.40. The molecular weight excluding hydrogens is 276 g/mol. The zero-order valence-electron chi connectivity index (χ0n) is 11.4. The van der Waals surface area contributed by atoms with Crippen LogP contribution in [-0.4, -0.2) is 51.7 Å². The Morgan fingerprint density at radius 2 is 2.38 bits per heavy atom. The molecule has 1 aromatic heterocycles. The summed E-state index contributed by atoms with van der Waals surface area (Å²) in [5.41, 5.74) is 0.751. The number of hydrogen-bond acceptors (Lipinski definition) is 5. The summed E-state index contributed by atoms with van der Waals surface area (Å²) >= 11 is 0. The summed E-state index contributed by atoms with van der Waals surface area (Å²) in [4.78, 5) is 24.5. The number of amides is 1. The number of carbonyl (C=O) groups is 1. The number of carbonyl (C=O) groups excluding carboxylic acids is 1. The molecule has 2 heterocycles. The number of ether oxygens (including phenoxy) is 1. The molecule has 0 bridgehead atoms. The number of fused-ring (bicyclic) bond motifs is 1. The number of H-pyrrole nitrogens is 1. The molecule has 0 spiro atoms. The van der Waals surface area contributed by atoms with Crippen LogP contribution in [0.1, 0.15) is 17.4 Å². The fourth-order valence-corrected chi connectivity index (χ4v) is 2.43. The number of nitrogens with one attached hydrogen (secondary N) is 1. The molecule has 21 heavy (non-hydrogen) atoms. The van der Waals surface area contributed by atoms with Crippen LogP contribution in [0.4, 0.5) is 5.69 Å². The average Bonchev–Trinajstić information content (AvgIpc) is 2.89. The van der Waals surface area contributed by atoms with E-state index in [4.69, 9.17) is 4.74 Å². The van der Waals surface area contributed by atoms with Crippen LogP contribution in [-0.2, 0) is 4.74 Å². The number of non-ortho nitro benzene ring substituents is 1. The molecule has 1 saturated heterocycles. The first-order chi connectivity index (χ1) is 10.1. The van der Waals surface area contributed by atoms with Crippen molar-refractivity contribution in [3.8, 4) is 0 Å². The van der Waals surface area contributed by atoms with Crippen molar-refractivity contribution in [2.45, 2.75) is 13.0 Å². The van der Waals surface area contributed by atoms with Gasteiger partial charge in [-0.2, -0.15) is 5.10 Å². The van der Waals surface area contributed by atoms with E-state index in [0.717, 1.165) is 0 Å². The van der Waals surface area contributed by atoms with Gasteiger partial charge in [-0.3, -0.25) is 20.0 Å². The lowest BCUT2D eigenvalue weighted by Gasteiger charge is -2.30. The van der Waals surface area contributed by atoms with E-state index in [9.17, 15) is 14.9 Å². The molecule has 1 atom stereocenters. The zero-order valence-corrected chi connectivity index (χ0v) is 11.4. The predicted octanol–water partition coefficient (Wildman–Crippen LogP) is 1.33. The molecular formula is C13H14N4O4. The molecule has 110 valence electrons. The Balaban J connectivity index is 1.97. The highest BCUT2D eigenvalue weighted by molar-refractivity contribution is 6.05. The lowest BCUT2D eigenvalue weighted by Crippen LogP contribution is -2.44. The number of nitro groups is 1. The van der Waals surface area contributed by atoms with Crippen molar-refractivity contribution in [2.75, 3.05) is 19.7 Å². The Morgan fingerprint density at radius 3 is 3.10 bits per heavy atom. The van der Waals surface area contributed by atoms with Crippen molar-refractivity contribution in [3.63, 3.8) is 0 Å². The lowest BCUT2D eigenvalue weighted by molar-refractivity contribution is -0.384. The molecule has 1 N–H and O–H groups in total. The second kappa shape index (κ2) is 5.13. The van der Waals surface area contributed by atoms with E-state index in [1.165, 1.54) is 12.1 Å². The second-order valence-corrected chi connectivity index (χ2v) is 4.99. The summed E-state index contributed by atoms with van der Waals surface area (Å²) in [5.74, 6) is -0.239. The number of aromatic nitrogens is 2. The first-order valence-electron chi connectivity index (χ1n) is 6.59. The van der Waals surface area contributed by atoms with Crippen molar-refractivity contribution in [2.24, 2.45) is 0 Å². The highest BCUT2D eigenvalue weighted by atomic mass is 16.6. The van der Waals surface area contributed by atoms with Gasteiger partial charge in [0.05, 0.1) is 23.2 Å². The monoisotopic (exact) mass is 290 g/mol. The summed E-state index contributed by atoms with van der Waals surface area (Å²) in [6.07, 6.45) is -0.0257. The Kier molecular flexibility index (Phi) is 3.30. The van der Waals surface area contributed by atoms with E-state index in [1.54, 1.807) is 11.0 Å². The molecule has 2 aromatic rings. The normalized spacial score (nSPS) is 18.9. The summed E-state index contributed by atoms with van der Waals surface area (Å²) in [7, 11) is 0. The summed E-state index contributed by atoms with van der Waals surface area (Å²) in [6, 6.07) is 4.31. The quantitative estimate of drug-likeness (QED) is 0.664. The standard InChI is InChI=1S/C13H14N4O4/c1-8-7-16(4-5-21-8)13(18)12-10-6-9(17(19)20)2-3-11(10)14-15-12/h2-3,6,8H,4-5,7H2,1H3,(H,14,15). The molecule has 0 aliphatic carbocycles. The molecule has 0 saturated carbocycles. The molecule has 1 aromatic carbocycles. The molecule has 1 aliphatic rings. The van der Waals surface area contributed by atoms with E-state index in [-0.39, 0.29) is 23.4 Å². The fourth-order valence-electron chi connectivity index (χ4n) is 2.43. The van der Waals surface area contributed by atoms with Crippen LogP contribution >= 0.6 is 0 Å². The third kappa shape index (κ3) is 2.45. The van der Waals surface area contributed by atoms with Crippen LogP contribution in [0.5, 0.6) is 0 Å². The molecule has 0 radical (unpaired) electrons. The molecule has 1 unspecified atom stereocenters. The third-order valence-corrected chi connectivity index (χ3v) is 3.49. The number of nitro benzene ring substituents is 1. The Morgan fingerprint density at radius 1 is 1.57 bits per heavy atom. The van der Waals surface area contributed by atoms with Gasteiger partial charge in [-0.05, 0) is 13.0 Å². The Labute approximate surface area is 119 Å². The maximum absolute atomic E-state index is 12.5. The number of benzene rings is 1. The van der Waals surface area contributed by atoms with Crippen LogP contribution in [0, 0.1) is 10.1 Å². The van der Waals surface area contributed by atoms with Gasteiger partial charge in [-0.25, -0.2) is 0 Å². The second-order valence-electron chi connectivity index (χ2n) is 4.99. The minimum atomic E-state index is -0.489. The largest absolute Gasteiger partial charge is 0.375 e. The molecule has 1 fully saturated rings. The Bertz CT molecular complexity index is 711. The molecule has 8 heteroatoms. The average molecular weight is 290 g/mol. The number of aromatic amines is 1. The number of rotatable bonds is 2. The van der Waals surface area contributed by atoms with Gasteiger partial charge in [0.25, 0.3) is 11.6 Å². The highest BCUT2D eigenvalue weighted by Crippen LogP contribution is 2.23. The van der Waals surface area contributed by atoms with Gasteiger partial charge < -0.3 is 9.64 Å². The number of hydrogen-bond donors (Lipinski definition) is 1. The molecule has 8 nitrogen and oxygen atoms in total. The van der Waals surface area contributed by atoms with Crippen LogP contribution in [0.3, 0.4) is 0 Å². The summed E-state index contributed by atoms with van der Waals surface area (Å²) in [5, 5.41) is 18.1. The van der Waals surface area contributed by atoms with Crippen molar-refractivity contribution >= 4 is 22.5 Å². The smallest absolute Gasteiger partial charge is 0.275 e. The number of morpholine rings is 1. The van der Waals surface area contributed by atoms with Crippen molar-refractivity contribution in [1.82, 2.24) is 15.1 Å². The molecule has 1 aliphatic heterocycles. The van der Waals surface area contributed by atoms with Gasteiger partial charge in [-0.1, -0.05) is 0 Å². The van der Waals surface area contributed by atoms with Gasteiger partial charge in [0.15, 0.2) is 5.69 Å². The Hall–Kier alpha value is -2.48. The minimum absolute atomic E-state index is 0.0257. The molecule has 3 rings (SSSR count). The van der Waals surface area contributed by atoms with Crippen LogP contribution < -0.4 is 0 Å². The van der Waals surface area contributed by atoms with Gasteiger partial charge in [0, 0.05) is 30.6 Å². The van der Waals surface area contributed by atoms with E-state index in [2.05, 4.69) is 10.2 Å². The van der Waals surface area contributed by atoms with Crippen LogP contribution in [0.15, 0.2) is 18.2 Å². The van der Waals surface area contributed by atoms with Gasteiger partial charge >= 0.3 is 0 Å². The first-order valence-corrected chi connectivity index (χ1v) is 6.59. The maximum Gasteiger partial charge on any atom is 0.275 e. The predicted molar refractivity (Wildman–Crippen MR) is 74.1 cm³/mol. The van der Waals surface area contributed by atoms with Gasteiger partial charge in [-0.15, -0.1) is 0 Å². The lowest BCUT2D eigenvalue weighted by atomic mass is 10.1. The van der Waals surface area contributed by atoms with E-state index in [1.807, 2.05) is 6.92 Å². The van der Waals surface area contributed by atoms with Crippen molar-refractivity contribution < 1.29 is 14.5 Å². The van der Waals surface area contributed by atoms with E-state index in [0.29, 0.717) is 30.6 Å². The molecule has 1 amide bonds. The summed E-state index contributed by atoms with van der Waals surface area (Å²) in [6.45, 7) is 3.36. The minimum Gasteiger partial charge on any atom is -0.375 e. The fraction of sp³-hybridized carbons (Fsp3) is 0.385. The maximum atomic E-state index is 12.5.